The zero-order valence-corrected chi connectivity index (χ0v) is 17.3. The lowest BCUT2D eigenvalue weighted by Gasteiger charge is -2.15. The first-order valence-corrected chi connectivity index (χ1v) is 9.86. The summed E-state index contributed by atoms with van der Waals surface area (Å²) in [6.45, 7) is 6.87. The van der Waals surface area contributed by atoms with Gasteiger partial charge in [0.2, 0.25) is 0 Å². The molecule has 0 aliphatic heterocycles. The maximum Gasteiger partial charge on any atom is 0.335 e. The number of rotatable bonds is 9. The lowest BCUT2D eigenvalue weighted by molar-refractivity contribution is -0.156. The van der Waals surface area contributed by atoms with Crippen molar-refractivity contribution >= 4 is 5.97 Å². The minimum Gasteiger partial charge on any atom is -0.490 e. The molecule has 0 heterocycles. The number of hydrogen-bond acceptors (Lipinski definition) is 4. The normalized spacial score (nSPS) is 11.9. The lowest BCUT2D eigenvalue weighted by atomic mass is 10.1. The van der Waals surface area contributed by atoms with Crippen LogP contribution in [0.25, 0.3) is 0 Å². The number of hydrogen-bond donors (Lipinski definition) is 0. The van der Waals surface area contributed by atoms with Crippen LogP contribution in [-0.2, 0) is 20.7 Å². The van der Waals surface area contributed by atoms with Crippen LogP contribution in [0, 0.1) is 11.8 Å². The Kier molecular flexibility index (Phi) is 9.54. The summed E-state index contributed by atoms with van der Waals surface area (Å²) in [7, 11) is 0. The fourth-order valence-corrected chi connectivity index (χ4v) is 2.59. The van der Waals surface area contributed by atoms with E-state index in [1.54, 1.807) is 6.92 Å². The third kappa shape index (κ3) is 8.25. The van der Waals surface area contributed by atoms with Crippen LogP contribution in [0.3, 0.4) is 0 Å². The molecule has 0 fully saturated rings. The molecule has 152 valence electrons. The van der Waals surface area contributed by atoms with Crippen molar-refractivity contribution in [3.8, 4) is 17.6 Å². The van der Waals surface area contributed by atoms with E-state index in [9.17, 15) is 4.79 Å². The van der Waals surface area contributed by atoms with E-state index in [-0.39, 0.29) is 5.97 Å². The highest BCUT2D eigenvalue weighted by Crippen LogP contribution is 2.15. The maximum atomic E-state index is 12.0. The van der Waals surface area contributed by atoms with Gasteiger partial charge in [-0.3, -0.25) is 0 Å². The van der Waals surface area contributed by atoms with Gasteiger partial charge in [0.15, 0.2) is 6.10 Å². The van der Waals surface area contributed by atoms with Crippen LogP contribution >= 0.6 is 0 Å². The first-order valence-electron chi connectivity index (χ1n) is 9.86. The third-order valence-corrected chi connectivity index (χ3v) is 4.08. The van der Waals surface area contributed by atoms with E-state index in [1.165, 1.54) is 0 Å². The summed E-state index contributed by atoms with van der Waals surface area (Å²) in [5.41, 5.74) is 2.94. The molecule has 0 amide bonds. The Morgan fingerprint density at radius 1 is 1.03 bits per heavy atom. The number of carbonyl (C=O) groups is 1. The molecular formula is C25H28O4. The SMILES string of the molecule is CCOC(=O)C(Cc1ccc(OC/C=C(/C)C#Cc2ccccc2)cc1)OCC. The van der Waals surface area contributed by atoms with Crippen LogP contribution in [0.15, 0.2) is 66.2 Å². The van der Waals surface area contributed by atoms with E-state index in [0.717, 1.165) is 22.4 Å². The molecule has 0 saturated carbocycles. The van der Waals surface area contributed by atoms with E-state index in [0.29, 0.717) is 26.2 Å². The largest absolute Gasteiger partial charge is 0.490 e. The highest BCUT2D eigenvalue weighted by atomic mass is 16.6. The summed E-state index contributed by atoms with van der Waals surface area (Å²) in [4.78, 5) is 12.0. The van der Waals surface area contributed by atoms with Crippen LogP contribution in [0.2, 0.25) is 0 Å². The molecule has 0 N–H and O–H groups in total. The second kappa shape index (κ2) is 12.4. The zero-order chi connectivity index (χ0) is 20.9. The minimum atomic E-state index is -0.583. The number of allylic oxidation sites excluding steroid dienone is 1. The summed E-state index contributed by atoms with van der Waals surface area (Å²) in [6.07, 6.45) is 1.84. The quantitative estimate of drug-likeness (QED) is 0.463. The molecular weight excluding hydrogens is 364 g/mol. The van der Waals surface area contributed by atoms with Crippen molar-refractivity contribution in [1.29, 1.82) is 0 Å². The zero-order valence-electron chi connectivity index (χ0n) is 17.3. The van der Waals surface area contributed by atoms with Gasteiger partial charge in [0.25, 0.3) is 0 Å². The van der Waals surface area contributed by atoms with Gasteiger partial charge in [-0.05, 0) is 62.2 Å². The Labute approximate surface area is 173 Å². The van der Waals surface area contributed by atoms with Gasteiger partial charge in [0.1, 0.15) is 12.4 Å². The Morgan fingerprint density at radius 3 is 2.41 bits per heavy atom. The predicted octanol–water partition coefficient (Wildman–Crippen LogP) is 4.57. The molecule has 2 aromatic carbocycles. The fraction of sp³-hybridized carbons (Fsp3) is 0.320. The van der Waals surface area contributed by atoms with Crippen LogP contribution in [0.1, 0.15) is 31.9 Å². The van der Waals surface area contributed by atoms with Gasteiger partial charge in [-0.25, -0.2) is 4.79 Å². The fourth-order valence-electron chi connectivity index (χ4n) is 2.59. The van der Waals surface area contributed by atoms with Crippen molar-refractivity contribution in [3.05, 3.63) is 77.4 Å². The number of carbonyl (C=O) groups excluding carboxylic acids is 1. The molecule has 2 aromatic rings. The maximum absolute atomic E-state index is 12.0. The Bertz CT molecular complexity index is 842. The van der Waals surface area contributed by atoms with E-state index in [4.69, 9.17) is 14.2 Å². The van der Waals surface area contributed by atoms with Gasteiger partial charge in [0, 0.05) is 18.6 Å². The van der Waals surface area contributed by atoms with Crippen LogP contribution in [0.4, 0.5) is 0 Å². The number of benzene rings is 2. The molecule has 1 atom stereocenters. The van der Waals surface area contributed by atoms with Crippen molar-refractivity contribution < 1.29 is 19.0 Å². The summed E-state index contributed by atoms with van der Waals surface area (Å²) in [5.74, 6) is 6.68. The van der Waals surface area contributed by atoms with Gasteiger partial charge in [0.05, 0.1) is 6.61 Å². The molecule has 29 heavy (non-hydrogen) atoms. The molecule has 0 radical (unpaired) electrons. The molecule has 1 unspecified atom stereocenters. The van der Waals surface area contributed by atoms with Crippen LogP contribution in [0.5, 0.6) is 5.75 Å². The molecule has 0 aliphatic carbocycles. The number of esters is 1. The standard InChI is InChI=1S/C25H28O4/c1-4-27-24(25(26)28-5-2)19-22-13-15-23(16-14-22)29-18-17-20(3)11-12-21-9-7-6-8-10-21/h6-10,13-17,24H,4-5,18-19H2,1-3H3/b20-17-. The summed E-state index contributed by atoms with van der Waals surface area (Å²) >= 11 is 0. The van der Waals surface area contributed by atoms with Crippen molar-refractivity contribution in [2.75, 3.05) is 19.8 Å². The van der Waals surface area contributed by atoms with Crippen molar-refractivity contribution in [3.63, 3.8) is 0 Å². The first-order chi connectivity index (χ1) is 14.1. The van der Waals surface area contributed by atoms with Crippen LogP contribution in [-0.4, -0.2) is 31.9 Å². The highest BCUT2D eigenvalue weighted by molar-refractivity contribution is 5.75. The summed E-state index contributed by atoms with van der Waals surface area (Å²) in [5, 5.41) is 0. The Morgan fingerprint density at radius 2 is 1.76 bits per heavy atom. The average molecular weight is 392 g/mol. The Hall–Kier alpha value is -3.03. The van der Waals surface area contributed by atoms with E-state index in [1.807, 2.05) is 74.5 Å². The second-order valence-corrected chi connectivity index (χ2v) is 6.36. The van der Waals surface area contributed by atoms with E-state index in [2.05, 4.69) is 11.8 Å². The van der Waals surface area contributed by atoms with E-state index < -0.39 is 6.10 Å². The molecule has 4 nitrogen and oxygen atoms in total. The second-order valence-electron chi connectivity index (χ2n) is 6.36. The van der Waals surface area contributed by atoms with Gasteiger partial charge >= 0.3 is 5.97 Å². The van der Waals surface area contributed by atoms with Crippen molar-refractivity contribution in [1.82, 2.24) is 0 Å². The van der Waals surface area contributed by atoms with Gasteiger partial charge in [-0.2, -0.15) is 0 Å². The molecule has 0 bridgehead atoms. The molecule has 4 heteroatoms. The summed E-state index contributed by atoms with van der Waals surface area (Å²) < 4.78 is 16.3. The molecule has 2 rings (SSSR count). The van der Waals surface area contributed by atoms with Crippen LogP contribution < -0.4 is 4.74 Å². The first kappa shape index (κ1) is 22.3. The predicted molar refractivity (Wildman–Crippen MR) is 115 cm³/mol. The molecule has 0 aromatic heterocycles. The van der Waals surface area contributed by atoms with Crippen molar-refractivity contribution in [2.45, 2.75) is 33.3 Å². The Balaban J connectivity index is 1.87. The average Bonchev–Trinajstić information content (AvgIpc) is 2.74. The van der Waals surface area contributed by atoms with Crippen molar-refractivity contribution in [2.24, 2.45) is 0 Å². The monoisotopic (exact) mass is 392 g/mol. The third-order valence-electron chi connectivity index (χ3n) is 4.08. The van der Waals surface area contributed by atoms with Gasteiger partial charge in [-0.15, -0.1) is 0 Å². The van der Waals surface area contributed by atoms with Gasteiger partial charge < -0.3 is 14.2 Å². The highest BCUT2D eigenvalue weighted by Gasteiger charge is 2.20. The molecule has 0 spiro atoms. The van der Waals surface area contributed by atoms with Gasteiger partial charge in [-0.1, -0.05) is 42.2 Å². The molecule has 0 saturated heterocycles. The topological polar surface area (TPSA) is 44.8 Å². The van der Waals surface area contributed by atoms with E-state index >= 15 is 0 Å². The smallest absolute Gasteiger partial charge is 0.335 e. The lowest BCUT2D eigenvalue weighted by Crippen LogP contribution is -2.28. The minimum absolute atomic E-state index is 0.327. The molecule has 0 aliphatic rings. The summed E-state index contributed by atoms with van der Waals surface area (Å²) in [6, 6.07) is 17.5. The number of ether oxygens (including phenoxy) is 3.